The average Bonchev–Trinajstić information content (AvgIpc) is 3.25. The second-order valence-electron chi connectivity index (χ2n) is 6.45. The first-order valence-electron chi connectivity index (χ1n) is 7.56. The highest BCUT2D eigenvalue weighted by molar-refractivity contribution is 5.26. The van der Waals surface area contributed by atoms with Crippen molar-refractivity contribution in [2.45, 2.75) is 44.6 Å². The zero-order chi connectivity index (χ0) is 11.2. The summed E-state index contributed by atoms with van der Waals surface area (Å²) in [5.74, 6) is 1.02. The van der Waals surface area contributed by atoms with E-state index in [2.05, 4.69) is 9.80 Å². The van der Waals surface area contributed by atoms with Gasteiger partial charge in [0.25, 0.3) is 0 Å². The fraction of sp³-hybridized carbons (Fsp3) is 0.867. The molecule has 1 saturated carbocycles. The van der Waals surface area contributed by atoms with Crippen molar-refractivity contribution >= 4 is 0 Å². The predicted octanol–water partition coefficient (Wildman–Crippen LogP) is 2.27. The minimum Gasteiger partial charge on any atom is -0.302 e. The zero-order valence-electron chi connectivity index (χ0n) is 10.8. The van der Waals surface area contributed by atoms with Gasteiger partial charge in [0, 0.05) is 25.7 Å². The maximum atomic E-state index is 2.82. The second kappa shape index (κ2) is 4.10. The summed E-state index contributed by atoms with van der Waals surface area (Å²) in [6.45, 7) is 6.84. The van der Waals surface area contributed by atoms with Crippen molar-refractivity contribution in [3.8, 4) is 0 Å². The van der Waals surface area contributed by atoms with Gasteiger partial charge < -0.3 is 4.90 Å². The number of fused-ring (bicyclic) bond motifs is 3. The molecule has 0 spiro atoms. The van der Waals surface area contributed by atoms with E-state index in [1.54, 1.807) is 0 Å². The fourth-order valence-electron chi connectivity index (χ4n) is 4.24. The third kappa shape index (κ3) is 1.96. The average molecular weight is 232 g/mol. The largest absolute Gasteiger partial charge is 0.302 e. The zero-order valence-corrected chi connectivity index (χ0v) is 10.8. The van der Waals surface area contributed by atoms with Crippen LogP contribution in [0.4, 0.5) is 0 Å². The summed E-state index contributed by atoms with van der Waals surface area (Å²) in [5.41, 5.74) is 3.65. The third-order valence-corrected chi connectivity index (χ3v) is 5.49. The van der Waals surface area contributed by atoms with Gasteiger partial charge in [-0.05, 0) is 57.5 Å². The lowest BCUT2D eigenvalue weighted by atomic mass is 9.82. The van der Waals surface area contributed by atoms with Crippen LogP contribution in [0.2, 0.25) is 0 Å². The van der Waals surface area contributed by atoms with E-state index in [0.29, 0.717) is 0 Å². The van der Waals surface area contributed by atoms with Gasteiger partial charge in [-0.3, -0.25) is 4.90 Å². The van der Waals surface area contributed by atoms with Crippen molar-refractivity contribution in [2.24, 2.45) is 5.92 Å². The Hall–Kier alpha value is -0.340. The van der Waals surface area contributed by atoms with Gasteiger partial charge >= 0.3 is 0 Å². The van der Waals surface area contributed by atoms with E-state index in [4.69, 9.17) is 0 Å². The number of piperidine rings is 4. The first kappa shape index (κ1) is 10.6. The number of hydrogen-bond donors (Lipinski definition) is 0. The van der Waals surface area contributed by atoms with Crippen molar-refractivity contribution in [3.05, 3.63) is 11.1 Å². The Morgan fingerprint density at radius 3 is 1.94 bits per heavy atom. The van der Waals surface area contributed by atoms with E-state index in [-0.39, 0.29) is 0 Å². The van der Waals surface area contributed by atoms with Crippen molar-refractivity contribution in [1.29, 1.82) is 0 Å². The van der Waals surface area contributed by atoms with Crippen LogP contribution in [-0.4, -0.2) is 48.6 Å². The summed E-state index contributed by atoms with van der Waals surface area (Å²) >= 11 is 0. The van der Waals surface area contributed by atoms with Crippen molar-refractivity contribution in [1.82, 2.24) is 9.80 Å². The van der Waals surface area contributed by atoms with E-state index >= 15 is 0 Å². The predicted molar refractivity (Wildman–Crippen MR) is 70.0 cm³/mol. The molecule has 4 saturated heterocycles. The molecule has 5 rings (SSSR count). The number of likely N-dealkylation sites (tertiary alicyclic amines) is 1. The normalized spacial score (nSPS) is 42.0. The van der Waals surface area contributed by atoms with E-state index in [0.717, 1.165) is 12.0 Å². The first-order valence-corrected chi connectivity index (χ1v) is 7.56. The van der Waals surface area contributed by atoms with Gasteiger partial charge in [-0.25, -0.2) is 0 Å². The van der Waals surface area contributed by atoms with Crippen molar-refractivity contribution < 1.29 is 0 Å². The highest BCUT2D eigenvalue weighted by Gasteiger charge is 2.38. The van der Waals surface area contributed by atoms with Crippen LogP contribution in [0.5, 0.6) is 0 Å². The molecule has 5 fully saturated rings. The molecule has 1 unspecified atom stereocenters. The molecule has 2 bridgehead atoms. The summed E-state index contributed by atoms with van der Waals surface area (Å²) in [6, 6.07) is 0.906. The van der Waals surface area contributed by atoms with Crippen LogP contribution in [-0.2, 0) is 0 Å². The molecular weight excluding hydrogens is 208 g/mol. The smallest absolute Gasteiger partial charge is 0.0252 e. The molecule has 0 radical (unpaired) electrons. The molecular formula is C15H24N2. The van der Waals surface area contributed by atoms with Crippen LogP contribution in [0, 0.1) is 5.92 Å². The number of hydrogen-bond acceptors (Lipinski definition) is 2. The highest BCUT2D eigenvalue weighted by Crippen LogP contribution is 2.38. The molecule has 0 N–H and O–H groups in total. The third-order valence-electron chi connectivity index (χ3n) is 5.49. The summed E-state index contributed by atoms with van der Waals surface area (Å²) in [5, 5.41) is 0. The Morgan fingerprint density at radius 2 is 1.41 bits per heavy atom. The number of allylic oxidation sites excluding steroid dienone is 1. The summed E-state index contributed by atoms with van der Waals surface area (Å²) in [4.78, 5) is 5.52. The Labute approximate surface area is 105 Å². The number of rotatable bonds is 1. The summed E-state index contributed by atoms with van der Waals surface area (Å²) in [7, 11) is 0. The minimum absolute atomic E-state index is 0.906. The van der Waals surface area contributed by atoms with Gasteiger partial charge in [-0.15, -0.1) is 0 Å². The van der Waals surface area contributed by atoms with Crippen LogP contribution in [0.1, 0.15) is 38.5 Å². The Balaban J connectivity index is 1.41. The SMILES string of the molecule is C1CC1=C1CCN(C2CN3CCC2CC3)CC1. The molecule has 2 nitrogen and oxygen atoms in total. The Morgan fingerprint density at radius 1 is 0.765 bits per heavy atom. The molecule has 0 amide bonds. The fourth-order valence-corrected chi connectivity index (χ4v) is 4.24. The molecule has 0 aromatic heterocycles. The van der Waals surface area contributed by atoms with E-state index in [1.807, 2.05) is 11.1 Å². The first-order chi connectivity index (χ1) is 8.40. The van der Waals surface area contributed by atoms with Gasteiger partial charge in [-0.2, -0.15) is 0 Å². The van der Waals surface area contributed by atoms with Crippen molar-refractivity contribution in [3.63, 3.8) is 0 Å². The van der Waals surface area contributed by atoms with Gasteiger partial charge in [0.05, 0.1) is 0 Å². The Bertz CT molecular complexity index is 323. The molecule has 1 aliphatic carbocycles. The van der Waals surface area contributed by atoms with E-state index in [9.17, 15) is 0 Å². The lowest BCUT2D eigenvalue weighted by Gasteiger charge is -2.50. The summed E-state index contributed by atoms with van der Waals surface area (Å²) < 4.78 is 0. The number of nitrogens with zero attached hydrogens (tertiary/aromatic N) is 2. The minimum atomic E-state index is 0.906. The quantitative estimate of drug-likeness (QED) is 0.640. The molecule has 2 heteroatoms. The molecule has 94 valence electrons. The second-order valence-corrected chi connectivity index (χ2v) is 6.45. The van der Waals surface area contributed by atoms with Crippen LogP contribution in [0.3, 0.4) is 0 Å². The van der Waals surface area contributed by atoms with Crippen LogP contribution >= 0.6 is 0 Å². The van der Waals surface area contributed by atoms with Gasteiger partial charge in [0.2, 0.25) is 0 Å². The molecule has 17 heavy (non-hydrogen) atoms. The van der Waals surface area contributed by atoms with Gasteiger partial charge in [0.15, 0.2) is 0 Å². The molecule has 4 aliphatic heterocycles. The topological polar surface area (TPSA) is 6.48 Å². The van der Waals surface area contributed by atoms with E-state index in [1.165, 1.54) is 71.2 Å². The van der Waals surface area contributed by atoms with Crippen molar-refractivity contribution in [2.75, 3.05) is 32.7 Å². The molecule has 5 aliphatic rings. The van der Waals surface area contributed by atoms with Crippen LogP contribution in [0.15, 0.2) is 11.1 Å². The lowest BCUT2D eigenvalue weighted by Crippen LogP contribution is -2.58. The highest BCUT2D eigenvalue weighted by atomic mass is 15.3. The standard InChI is InChI=1S/C15H24N2/c1-2-12(1)13-5-9-17(10-6-13)15-11-16-7-3-14(15)4-8-16/h14-15H,1-11H2. The van der Waals surface area contributed by atoms with Gasteiger partial charge in [0.1, 0.15) is 0 Å². The Kier molecular flexibility index (Phi) is 2.55. The molecule has 4 heterocycles. The van der Waals surface area contributed by atoms with Gasteiger partial charge in [-0.1, -0.05) is 11.1 Å². The maximum absolute atomic E-state index is 2.82. The van der Waals surface area contributed by atoms with Crippen LogP contribution < -0.4 is 0 Å². The maximum Gasteiger partial charge on any atom is 0.0252 e. The summed E-state index contributed by atoms with van der Waals surface area (Å²) in [6.07, 6.45) is 8.56. The monoisotopic (exact) mass is 232 g/mol. The lowest BCUT2D eigenvalue weighted by molar-refractivity contribution is 0.00201. The molecule has 1 atom stereocenters. The van der Waals surface area contributed by atoms with E-state index < -0.39 is 0 Å². The molecule has 0 aromatic carbocycles. The van der Waals surface area contributed by atoms with Crippen LogP contribution in [0.25, 0.3) is 0 Å². The molecule has 0 aromatic rings.